The molecule has 0 unspecified atom stereocenters. The Morgan fingerprint density at radius 2 is 1.03 bits per heavy atom. The average molecular weight is 539 g/mol. The average Bonchev–Trinajstić information content (AvgIpc) is 2.90. The van der Waals surface area contributed by atoms with Gasteiger partial charge in [0.15, 0.2) is 0 Å². The molecule has 0 bridgehead atoms. The lowest BCUT2D eigenvalue weighted by Crippen LogP contribution is -2.31. The van der Waals surface area contributed by atoms with Crippen LogP contribution < -0.4 is 0 Å². The molecule has 0 saturated heterocycles. The molecule has 0 atom stereocenters. The van der Waals surface area contributed by atoms with Crippen molar-refractivity contribution in [1.29, 1.82) is 0 Å². The van der Waals surface area contributed by atoms with Gasteiger partial charge in [0.05, 0.1) is 9.79 Å². The molecule has 0 aliphatic rings. The highest BCUT2D eigenvalue weighted by atomic mass is 32.2. The van der Waals surface area contributed by atoms with Crippen molar-refractivity contribution in [3.8, 4) is 0 Å². The molecule has 4 aromatic carbocycles. The van der Waals surface area contributed by atoms with E-state index in [1.54, 1.807) is 42.5 Å². The van der Waals surface area contributed by atoms with Crippen LogP contribution in [0.2, 0.25) is 0 Å². The van der Waals surface area contributed by atoms with E-state index in [4.69, 9.17) is 0 Å². The van der Waals surface area contributed by atoms with Gasteiger partial charge in [-0.2, -0.15) is 8.61 Å². The van der Waals surface area contributed by atoms with Crippen LogP contribution in [0.1, 0.15) is 16.7 Å². The Morgan fingerprint density at radius 1 is 0.568 bits per heavy atom. The fourth-order valence-electron chi connectivity index (χ4n) is 3.87. The van der Waals surface area contributed by atoms with E-state index in [1.165, 1.54) is 46.0 Å². The van der Waals surface area contributed by atoms with Crippen LogP contribution >= 0.6 is 0 Å². The second-order valence-corrected chi connectivity index (χ2v) is 12.6. The lowest BCUT2D eigenvalue weighted by atomic mass is 10.2. The SMILES string of the molecule is CN(Cc1ccccc1)S(=O)(=O)c1ccc(S(=O)(=O)N(Cc2ccccc2)Cc2ccccc2F)cc1. The number of hydrogen-bond donors (Lipinski definition) is 0. The van der Waals surface area contributed by atoms with Crippen molar-refractivity contribution in [3.63, 3.8) is 0 Å². The van der Waals surface area contributed by atoms with Crippen molar-refractivity contribution >= 4 is 20.0 Å². The Morgan fingerprint density at radius 3 is 1.57 bits per heavy atom. The van der Waals surface area contributed by atoms with E-state index in [2.05, 4.69) is 0 Å². The van der Waals surface area contributed by atoms with Gasteiger partial charge in [0.2, 0.25) is 20.0 Å². The van der Waals surface area contributed by atoms with E-state index < -0.39 is 25.9 Å². The van der Waals surface area contributed by atoms with Gasteiger partial charge in [-0.25, -0.2) is 21.2 Å². The van der Waals surface area contributed by atoms with Gasteiger partial charge in [-0.3, -0.25) is 0 Å². The molecule has 192 valence electrons. The zero-order valence-corrected chi connectivity index (χ0v) is 21.9. The van der Waals surface area contributed by atoms with Crippen LogP contribution in [-0.2, 0) is 39.7 Å². The summed E-state index contributed by atoms with van der Waals surface area (Å²) in [5.41, 5.74) is 1.81. The van der Waals surface area contributed by atoms with Crippen LogP contribution in [-0.4, -0.2) is 32.5 Å². The monoisotopic (exact) mass is 538 g/mol. The first-order valence-electron chi connectivity index (χ1n) is 11.6. The molecule has 0 spiro atoms. The number of rotatable bonds is 10. The minimum absolute atomic E-state index is 0.0198. The molecule has 37 heavy (non-hydrogen) atoms. The third kappa shape index (κ3) is 6.31. The zero-order chi connectivity index (χ0) is 26.5. The van der Waals surface area contributed by atoms with Gasteiger partial charge in [0.1, 0.15) is 5.82 Å². The van der Waals surface area contributed by atoms with E-state index in [-0.39, 0.29) is 35.0 Å². The highest BCUT2D eigenvalue weighted by Crippen LogP contribution is 2.25. The Labute approximate surface area is 217 Å². The first kappa shape index (κ1) is 26.7. The maximum absolute atomic E-state index is 14.4. The van der Waals surface area contributed by atoms with Crippen LogP contribution in [0.3, 0.4) is 0 Å². The second kappa shape index (κ2) is 11.4. The minimum atomic E-state index is -4.09. The Bertz CT molecular complexity index is 1550. The number of benzene rings is 4. The van der Waals surface area contributed by atoms with Crippen LogP contribution in [0.25, 0.3) is 0 Å². The maximum Gasteiger partial charge on any atom is 0.243 e. The number of sulfonamides is 2. The van der Waals surface area contributed by atoms with Crippen molar-refractivity contribution in [3.05, 3.63) is 132 Å². The molecule has 4 rings (SSSR count). The van der Waals surface area contributed by atoms with Crippen molar-refractivity contribution in [2.24, 2.45) is 0 Å². The Hall–Kier alpha value is -3.37. The van der Waals surface area contributed by atoms with Gasteiger partial charge < -0.3 is 0 Å². The molecule has 0 aromatic heterocycles. The Kier molecular flexibility index (Phi) is 8.19. The predicted octanol–water partition coefficient (Wildman–Crippen LogP) is 5.04. The Balaban J connectivity index is 1.61. The predicted molar refractivity (Wildman–Crippen MR) is 141 cm³/mol. The molecule has 0 aliphatic carbocycles. The second-order valence-electron chi connectivity index (χ2n) is 8.57. The molecule has 4 aromatic rings. The molecular weight excluding hydrogens is 511 g/mol. The molecule has 0 heterocycles. The van der Waals surface area contributed by atoms with Crippen molar-refractivity contribution < 1.29 is 21.2 Å². The topological polar surface area (TPSA) is 74.8 Å². The highest BCUT2D eigenvalue weighted by Gasteiger charge is 2.27. The van der Waals surface area contributed by atoms with Crippen molar-refractivity contribution in [2.45, 2.75) is 29.4 Å². The molecule has 9 heteroatoms. The molecule has 0 radical (unpaired) electrons. The minimum Gasteiger partial charge on any atom is -0.207 e. The molecular formula is C28H27FN2O4S2. The molecule has 0 aliphatic heterocycles. The molecule has 0 saturated carbocycles. The lowest BCUT2D eigenvalue weighted by molar-refractivity contribution is 0.394. The first-order chi connectivity index (χ1) is 17.7. The van der Waals surface area contributed by atoms with E-state index >= 15 is 0 Å². The summed E-state index contributed by atoms with van der Waals surface area (Å²) in [4.78, 5) is -0.0990. The third-order valence-corrected chi connectivity index (χ3v) is 9.55. The largest absolute Gasteiger partial charge is 0.243 e. The molecule has 0 fully saturated rings. The zero-order valence-electron chi connectivity index (χ0n) is 20.2. The van der Waals surface area contributed by atoms with Crippen LogP contribution in [0.5, 0.6) is 0 Å². The summed E-state index contributed by atoms with van der Waals surface area (Å²) < 4.78 is 70.2. The van der Waals surface area contributed by atoms with Crippen LogP contribution in [0, 0.1) is 5.82 Å². The number of hydrogen-bond acceptors (Lipinski definition) is 4. The molecule has 0 N–H and O–H groups in total. The van der Waals surface area contributed by atoms with E-state index in [9.17, 15) is 21.2 Å². The molecule has 6 nitrogen and oxygen atoms in total. The van der Waals surface area contributed by atoms with E-state index in [0.29, 0.717) is 0 Å². The number of nitrogens with zero attached hydrogens (tertiary/aromatic N) is 2. The van der Waals surface area contributed by atoms with Crippen molar-refractivity contribution in [1.82, 2.24) is 8.61 Å². The third-order valence-electron chi connectivity index (χ3n) is 5.92. The van der Waals surface area contributed by atoms with Gasteiger partial charge in [-0.15, -0.1) is 0 Å². The summed E-state index contributed by atoms with van der Waals surface area (Å²) in [5.74, 6) is -0.501. The van der Waals surface area contributed by atoms with E-state index in [0.717, 1.165) is 11.1 Å². The van der Waals surface area contributed by atoms with Gasteiger partial charge in [0, 0.05) is 32.2 Å². The first-order valence-corrected chi connectivity index (χ1v) is 14.4. The van der Waals surface area contributed by atoms with Gasteiger partial charge >= 0.3 is 0 Å². The standard InChI is InChI=1S/C28H27FN2O4S2/c1-30(20-23-10-4-2-5-11-23)36(32,33)26-16-18-27(19-17-26)37(34,35)31(21-24-12-6-3-7-13-24)22-25-14-8-9-15-28(25)29/h2-19H,20-22H2,1H3. The lowest BCUT2D eigenvalue weighted by Gasteiger charge is -2.23. The summed E-state index contributed by atoms with van der Waals surface area (Å²) in [6.45, 7) is 0.0256. The van der Waals surface area contributed by atoms with Gasteiger partial charge in [-0.1, -0.05) is 78.9 Å². The maximum atomic E-state index is 14.4. The fraction of sp³-hybridized carbons (Fsp3) is 0.143. The summed E-state index contributed by atoms with van der Waals surface area (Å²) in [6.07, 6.45) is 0. The summed E-state index contributed by atoms with van der Waals surface area (Å²) >= 11 is 0. The van der Waals surface area contributed by atoms with Gasteiger partial charge in [0.25, 0.3) is 0 Å². The summed E-state index contributed by atoms with van der Waals surface area (Å²) in [5, 5.41) is 0. The van der Waals surface area contributed by atoms with Gasteiger partial charge in [-0.05, 0) is 41.5 Å². The van der Waals surface area contributed by atoms with Crippen LogP contribution in [0.15, 0.2) is 119 Å². The highest BCUT2D eigenvalue weighted by molar-refractivity contribution is 7.89. The summed E-state index contributed by atoms with van der Waals surface area (Å²) in [6, 6.07) is 29.3. The molecule has 0 amide bonds. The quantitative estimate of drug-likeness (QED) is 0.284. The number of halogens is 1. The summed E-state index contributed by atoms with van der Waals surface area (Å²) in [7, 11) is -6.46. The van der Waals surface area contributed by atoms with Crippen LogP contribution in [0.4, 0.5) is 4.39 Å². The normalized spacial score (nSPS) is 12.2. The van der Waals surface area contributed by atoms with Crippen molar-refractivity contribution in [2.75, 3.05) is 7.05 Å². The fourth-order valence-corrected chi connectivity index (χ4v) is 6.43. The smallest absolute Gasteiger partial charge is 0.207 e. The van der Waals surface area contributed by atoms with E-state index in [1.807, 2.05) is 36.4 Å².